The van der Waals surface area contributed by atoms with E-state index in [0.29, 0.717) is 24.5 Å². The Morgan fingerprint density at radius 2 is 2.10 bits per heavy atom. The number of carbonyl (C=O) groups excluding carboxylic acids is 2. The standard InChI is InChI=1S/C12H20N4O4/c1-15-11(9(13)8-14-15)12(18)16(6-7-19-2)5-4-10(17)20-3/h8H,4-7,13H2,1-3H3. The van der Waals surface area contributed by atoms with Crippen LogP contribution < -0.4 is 5.73 Å². The van der Waals surface area contributed by atoms with Crippen molar-refractivity contribution in [3.05, 3.63) is 11.9 Å². The number of aryl methyl sites for hydroxylation is 1. The Morgan fingerprint density at radius 3 is 2.60 bits per heavy atom. The third-order valence-electron chi connectivity index (χ3n) is 2.84. The van der Waals surface area contributed by atoms with E-state index in [9.17, 15) is 9.59 Å². The smallest absolute Gasteiger partial charge is 0.307 e. The Morgan fingerprint density at radius 1 is 1.40 bits per heavy atom. The van der Waals surface area contributed by atoms with Gasteiger partial charge in [-0.1, -0.05) is 0 Å². The first-order valence-electron chi connectivity index (χ1n) is 6.13. The van der Waals surface area contributed by atoms with Crippen LogP contribution in [0.2, 0.25) is 0 Å². The first-order valence-corrected chi connectivity index (χ1v) is 6.13. The zero-order valence-electron chi connectivity index (χ0n) is 12.0. The lowest BCUT2D eigenvalue weighted by atomic mass is 10.3. The number of methoxy groups -OCH3 is 2. The van der Waals surface area contributed by atoms with Crippen LogP contribution in [0.25, 0.3) is 0 Å². The van der Waals surface area contributed by atoms with Gasteiger partial charge in [0.15, 0.2) is 0 Å². The second kappa shape index (κ2) is 7.49. The number of hydrogen-bond acceptors (Lipinski definition) is 6. The summed E-state index contributed by atoms with van der Waals surface area (Å²) in [5, 5.41) is 3.93. The number of hydrogen-bond donors (Lipinski definition) is 1. The van der Waals surface area contributed by atoms with Gasteiger partial charge in [0, 0.05) is 27.2 Å². The Hall–Kier alpha value is -2.09. The van der Waals surface area contributed by atoms with E-state index >= 15 is 0 Å². The summed E-state index contributed by atoms with van der Waals surface area (Å²) in [5.74, 6) is -0.665. The van der Waals surface area contributed by atoms with E-state index in [1.165, 1.54) is 22.9 Å². The minimum Gasteiger partial charge on any atom is -0.469 e. The molecule has 2 N–H and O–H groups in total. The fourth-order valence-electron chi connectivity index (χ4n) is 1.71. The van der Waals surface area contributed by atoms with Crippen LogP contribution >= 0.6 is 0 Å². The molecule has 0 saturated carbocycles. The summed E-state index contributed by atoms with van der Waals surface area (Å²) in [6.07, 6.45) is 1.53. The monoisotopic (exact) mass is 284 g/mol. The van der Waals surface area contributed by atoms with E-state index in [4.69, 9.17) is 10.5 Å². The van der Waals surface area contributed by atoms with Crippen LogP contribution in [0, 0.1) is 0 Å². The summed E-state index contributed by atoms with van der Waals surface area (Å²) in [5.41, 5.74) is 6.34. The maximum atomic E-state index is 12.4. The molecule has 112 valence electrons. The van der Waals surface area contributed by atoms with Gasteiger partial charge in [0.2, 0.25) is 0 Å². The summed E-state index contributed by atoms with van der Waals surface area (Å²) < 4.78 is 11.0. The number of nitrogens with zero attached hydrogens (tertiary/aromatic N) is 3. The molecule has 0 saturated heterocycles. The summed E-state index contributed by atoms with van der Waals surface area (Å²) >= 11 is 0. The lowest BCUT2D eigenvalue weighted by molar-refractivity contribution is -0.140. The molecule has 0 aliphatic heterocycles. The zero-order chi connectivity index (χ0) is 15.1. The van der Waals surface area contributed by atoms with Crippen molar-refractivity contribution in [1.82, 2.24) is 14.7 Å². The average molecular weight is 284 g/mol. The lowest BCUT2D eigenvalue weighted by Gasteiger charge is -2.22. The number of nitrogens with two attached hydrogens (primary N) is 1. The molecule has 0 atom stereocenters. The molecule has 8 nitrogen and oxygen atoms in total. The number of anilines is 1. The first kappa shape index (κ1) is 16.0. The van der Waals surface area contributed by atoms with Gasteiger partial charge in [-0.3, -0.25) is 14.3 Å². The lowest BCUT2D eigenvalue weighted by Crippen LogP contribution is -2.37. The highest BCUT2D eigenvalue weighted by Crippen LogP contribution is 2.13. The largest absolute Gasteiger partial charge is 0.469 e. The molecule has 0 aliphatic rings. The van der Waals surface area contributed by atoms with Gasteiger partial charge in [-0.2, -0.15) is 5.10 Å². The van der Waals surface area contributed by atoms with Crippen molar-refractivity contribution < 1.29 is 19.1 Å². The molecule has 1 rings (SSSR count). The van der Waals surface area contributed by atoms with Crippen LogP contribution in [0.4, 0.5) is 5.69 Å². The molecule has 0 radical (unpaired) electrons. The van der Waals surface area contributed by atoms with Crippen LogP contribution in [0.1, 0.15) is 16.9 Å². The maximum Gasteiger partial charge on any atom is 0.307 e. The zero-order valence-corrected chi connectivity index (χ0v) is 12.0. The molecule has 0 aliphatic carbocycles. The molecule has 8 heteroatoms. The highest BCUT2D eigenvalue weighted by Gasteiger charge is 2.22. The highest BCUT2D eigenvalue weighted by atomic mass is 16.5. The van der Waals surface area contributed by atoms with E-state index in [1.54, 1.807) is 14.2 Å². The van der Waals surface area contributed by atoms with Gasteiger partial charge < -0.3 is 20.1 Å². The molecule has 0 aromatic carbocycles. The van der Waals surface area contributed by atoms with Gasteiger partial charge in [-0.15, -0.1) is 0 Å². The number of amides is 1. The van der Waals surface area contributed by atoms with Crippen LogP contribution in [-0.4, -0.2) is 60.5 Å². The van der Waals surface area contributed by atoms with Crippen molar-refractivity contribution in [1.29, 1.82) is 0 Å². The minimum absolute atomic E-state index is 0.115. The highest BCUT2D eigenvalue weighted by molar-refractivity contribution is 5.97. The fraction of sp³-hybridized carbons (Fsp3) is 0.583. The molecule has 1 heterocycles. The normalized spacial score (nSPS) is 10.3. The SMILES string of the molecule is COCCN(CCC(=O)OC)C(=O)c1c(N)cnn1C. The van der Waals surface area contributed by atoms with Gasteiger partial charge in [0.25, 0.3) is 5.91 Å². The summed E-state index contributed by atoms with van der Waals surface area (Å²) in [4.78, 5) is 25.1. The maximum absolute atomic E-state index is 12.4. The molecule has 0 bridgehead atoms. The van der Waals surface area contributed by atoms with Crippen molar-refractivity contribution >= 4 is 17.6 Å². The van der Waals surface area contributed by atoms with Crippen molar-refractivity contribution in [3.8, 4) is 0 Å². The third-order valence-corrected chi connectivity index (χ3v) is 2.84. The van der Waals surface area contributed by atoms with Crippen molar-refractivity contribution in [2.45, 2.75) is 6.42 Å². The molecular weight excluding hydrogens is 264 g/mol. The molecule has 0 spiro atoms. The van der Waals surface area contributed by atoms with E-state index in [1.807, 2.05) is 0 Å². The first-order chi connectivity index (χ1) is 9.51. The summed E-state index contributed by atoms with van der Waals surface area (Å²) in [6.45, 7) is 0.959. The Bertz CT molecular complexity index is 453. The number of rotatable bonds is 7. The Kier molecular flexibility index (Phi) is 5.98. The molecule has 1 aromatic heterocycles. The molecule has 0 unspecified atom stereocenters. The minimum atomic E-state index is -0.377. The number of nitrogen functional groups attached to an aromatic ring is 1. The van der Waals surface area contributed by atoms with Crippen molar-refractivity contribution in [3.63, 3.8) is 0 Å². The van der Waals surface area contributed by atoms with Crippen LogP contribution in [0.5, 0.6) is 0 Å². The topological polar surface area (TPSA) is 99.7 Å². The van der Waals surface area contributed by atoms with Crippen LogP contribution in [-0.2, 0) is 21.3 Å². The van der Waals surface area contributed by atoms with Crippen molar-refractivity contribution in [2.24, 2.45) is 7.05 Å². The quantitative estimate of drug-likeness (QED) is 0.687. The van der Waals surface area contributed by atoms with Crippen LogP contribution in [0.3, 0.4) is 0 Å². The van der Waals surface area contributed by atoms with Gasteiger partial charge in [0.05, 0.1) is 32.0 Å². The third kappa shape index (κ3) is 3.95. The van der Waals surface area contributed by atoms with E-state index in [2.05, 4.69) is 9.84 Å². The number of ether oxygens (including phenoxy) is 2. The van der Waals surface area contributed by atoms with E-state index < -0.39 is 0 Å². The number of aromatic nitrogens is 2. The molecule has 1 aromatic rings. The predicted octanol–water partition coefficient (Wildman–Crippen LogP) is -0.346. The fourth-order valence-corrected chi connectivity index (χ4v) is 1.71. The average Bonchev–Trinajstić information content (AvgIpc) is 2.77. The van der Waals surface area contributed by atoms with E-state index in [0.717, 1.165) is 0 Å². The van der Waals surface area contributed by atoms with Gasteiger partial charge >= 0.3 is 5.97 Å². The predicted molar refractivity (Wildman–Crippen MR) is 72.0 cm³/mol. The summed E-state index contributed by atoms with van der Waals surface area (Å²) in [7, 11) is 4.49. The van der Waals surface area contributed by atoms with E-state index in [-0.39, 0.29) is 24.8 Å². The van der Waals surface area contributed by atoms with Gasteiger partial charge in [0.1, 0.15) is 5.69 Å². The molecular formula is C12H20N4O4. The van der Waals surface area contributed by atoms with Crippen LogP contribution in [0.15, 0.2) is 6.20 Å². The molecule has 0 fully saturated rings. The molecule has 20 heavy (non-hydrogen) atoms. The second-order valence-corrected chi connectivity index (χ2v) is 4.18. The Labute approximate surface area is 117 Å². The molecule has 1 amide bonds. The number of carbonyl (C=O) groups is 2. The Balaban J connectivity index is 2.81. The van der Waals surface area contributed by atoms with Crippen molar-refractivity contribution in [2.75, 3.05) is 39.6 Å². The summed E-state index contributed by atoms with van der Waals surface area (Å²) in [6, 6.07) is 0. The number of esters is 1. The van der Waals surface area contributed by atoms with Gasteiger partial charge in [-0.25, -0.2) is 0 Å². The second-order valence-electron chi connectivity index (χ2n) is 4.18. The van der Waals surface area contributed by atoms with Gasteiger partial charge in [-0.05, 0) is 0 Å².